The second-order valence-electron chi connectivity index (χ2n) is 6.16. The highest BCUT2D eigenvalue weighted by Gasteiger charge is 2.25. The second kappa shape index (κ2) is 9.30. The van der Waals surface area contributed by atoms with Crippen LogP contribution < -0.4 is 21.1 Å². The van der Waals surface area contributed by atoms with Crippen LogP contribution in [0.2, 0.25) is 5.02 Å². The maximum Gasteiger partial charge on any atom is 0.125 e. The molecule has 4 nitrogen and oxygen atoms in total. The average molecular weight is 382 g/mol. The Hall–Kier alpha value is -1.46. The van der Waals surface area contributed by atoms with E-state index >= 15 is 0 Å². The zero-order valence-electron chi connectivity index (χ0n) is 14.3. The highest BCUT2D eigenvalue weighted by molar-refractivity contribution is 6.33. The molecule has 1 aliphatic heterocycles. The van der Waals surface area contributed by atoms with Crippen molar-refractivity contribution < 1.29 is 4.74 Å². The number of hydrogen-bond acceptors (Lipinski definition) is 4. The summed E-state index contributed by atoms with van der Waals surface area (Å²) in [6, 6.07) is 14.9. The molecule has 136 valence electrons. The molecule has 0 radical (unpaired) electrons. The largest absolute Gasteiger partial charge is 0.496 e. The fourth-order valence-corrected chi connectivity index (χ4v) is 3.48. The monoisotopic (exact) mass is 381 g/mol. The molecule has 0 saturated carbocycles. The molecule has 3 rings (SSSR count). The van der Waals surface area contributed by atoms with Crippen LogP contribution in [0.1, 0.15) is 30.0 Å². The van der Waals surface area contributed by atoms with Crippen LogP contribution >= 0.6 is 24.0 Å². The minimum Gasteiger partial charge on any atom is -0.496 e. The normalized spacial score (nSPS) is 19.9. The number of nitrogens with one attached hydrogen (secondary N) is 2. The maximum absolute atomic E-state index is 6.17. The molecule has 4 N–H and O–H groups in total. The Labute approximate surface area is 160 Å². The van der Waals surface area contributed by atoms with E-state index in [1.165, 1.54) is 12.0 Å². The first-order chi connectivity index (χ1) is 11.7. The van der Waals surface area contributed by atoms with Crippen LogP contribution in [0.5, 0.6) is 5.75 Å². The van der Waals surface area contributed by atoms with Crippen LogP contribution in [-0.2, 0) is 6.54 Å². The van der Waals surface area contributed by atoms with Crippen molar-refractivity contribution in [2.24, 2.45) is 0 Å². The van der Waals surface area contributed by atoms with E-state index in [0.29, 0.717) is 29.3 Å². The van der Waals surface area contributed by atoms with Crippen molar-refractivity contribution in [2.45, 2.75) is 31.5 Å². The fourth-order valence-electron chi connectivity index (χ4n) is 3.30. The van der Waals surface area contributed by atoms with Crippen molar-refractivity contribution in [2.75, 3.05) is 19.4 Å². The van der Waals surface area contributed by atoms with Gasteiger partial charge in [0.1, 0.15) is 5.75 Å². The van der Waals surface area contributed by atoms with E-state index < -0.39 is 0 Å². The number of nitrogen functional groups attached to an aromatic ring is 1. The molecular formula is C19H25Cl2N3O. The van der Waals surface area contributed by atoms with E-state index in [1.54, 1.807) is 13.2 Å². The summed E-state index contributed by atoms with van der Waals surface area (Å²) in [6.07, 6.45) is 2.30. The van der Waals surface area contributed by atoms with Crippen LogP contribution in [0, 0.1) is 0 Å². The third kappa shape index (κ3) is 4.79. The quantitative estimate of drug-likeness (QED) is 0.686. The van der Waals surface area contributed by atoms with Crippen LogP contribution in [0.15, 0.2) is 42.5 Å². The molecule has 2 aromatic rings. The van der Waals surface area contributed by atoms with Gasteiger partial charge in [-0.2, -0.15) is 0 Å². The molecule has 2 aromatic carbocycles. The Bertz CT molecular complexity index is 682. The summed E-state index contributed by atoms with van der Waals surface area (Å²) in [5.41, 5.74) is 8.74. The highest BCUT2D eigenvalue weighted by Crippen LogP contribution is 2.30. The van der Waals surface area contributed by atoms with Crippen molar-refractivity contribution in [1.82, 2.24) is 10.6 Å². The van der Waals surface area contributed by atoms with E-state index in [-0.39, 0.29) is 12.4 Å². The van der Waals surface area contributed by atoms with Crippen molar-refractivity contribution in [3.8, 4) is 5.75 Å². The number of halogens is 2. The first kappa shape index (κ1) is 19.9. The minimum atomic E-state index is 0. The lowest BCUT2D eigenvalue weighted by molar-refractivity contribution is 0.303. The Kier molecular flexibility index (Phi) is 7.38. The van der Waals surface area contributed by atoms with E-state index in [4.69, 9.17) is 22.1 Å². The predicted molar refractivity (Wildman–Crippen MR) is 107 cm³/mol. The third-order valence-electron chi connectivity index (χ3n) is 4.57. The van der Waals surface area contributed by atoms with Crippen LogP contribution in [0.4, 0.5) is 5.69 Å². The summed E-state index contributed by atoms with van der Waals surface area (Å²) in [7, 11) is 1.65. The van der Waals surface area contributed by atoms with Crippen molar-refractivity contribution in [3.63, 3.8) is 0 Å². The molecule has 0 aliphatic carbocycles. The lowest BCUT2D eigenvalue weighted by Crippen LogP contribution is -2.45. The molecule has 1 aliphatic rings. The van der Waals surface area contributed by atoms with Gasteiger partial charge in [0.25, 0.3) is 0 Å². The zero-order chi connectivity index (χ0) is 16.9. The summed E-state index contributed by atoms with van der Waals surface area (Å²) in [4.78, 5) is 0. The number of nitrogens with two attached hydrogens (primary N) is 1. The van der Waals surface area contributed by atoms with Gasteiger partial charge in [-0.3, -0.25) is 0 Å². The molecule has 1 heterocycles. The van der Waals surface area contributed by atoms with E-state index in [0.717, 1.165) is 24.3 Å². The van der Waals surface area contributed by atoms with Crippen molar-refractivity contribution in [1.29, 1.82) is 0 Å². The van der Waals surface area contributed by atoms with Crippen molar-refractivity contribution in [3.05, 3.63) is 58.6 Å². The molecule has 1 saturated heterocycles. The van der Waals surface area contributed by atoms with Gasteiger partial charge in [-0.05, 0) is 31.0 Å². The van der Waals surface area contributed by atoms with Gasteiger partial charge in [-0.25, -0.2) is 0 Å². The first-order valence-corrected chi connectivity index (χ1v) is 8.70. The summed E-state index contributed by atoms with van der Waals surface area (Å²) in [6.45, 7) is 1.74. The number of methoxy groups -OCH3 is 1. The molecule has 0 unspecified atom stereocenters. The number of rotatable bonds is 5. The smallest absolute Gasteiger partial charge is 0.125 e. The van der Waals surface area contributed by atoms with Gasteiger partial charge in [0.2, 0.25) is 0 Å². The van der Waals surface area contributed by atoms with Gasteiger partial charge in [0.15, 0.2) is 0 Å². The molecule has 6 heteroatoms. The molecule has 0 amide bonds. The maximum atomic E-state index is 6.17. The Balaban J connectivity index is 0.00000225. The predicted octanol–water partition coefficient (Wildman–Crippen LogP) is 3.94. The lowest BCUT2D eigenvalue weighted by atomic mass is 9.92. The SMILES string of the molecule is COc1cc(N)c(Cl)cc1CN[C@H]1CCCN[C@H]1c1ccccc1.Cl. The number of anilines is 1. The summed E-state index contributed by atoms with van der Waals surface area (Å²) in [5.74, 6) is 0.768. The molecular weight excluding hydrogens is 357 g/mol. The number of piperidine rings is 1. The van der Waals surface area contributed by atoms with E-state index in [2.05, 4.69) is 41.0 Å². The lowest BCUT2D eigenvalue weighted by Gasteiger charge is -2.34. The Morgan fingerprint density at radius 3 is 2.76 bits per heavy atom. The highest BCUT2D eigenvalue weighted by atomic mass is 35.5. The van der Waals surface area contributed by atoms with Gasteiger partial charge < -0.3 is 21.1 Å². The standard InChI is InChI=1S/C19H24ClN3O.ClH/c1-24-18-11-16(21)15(20)10-14(18)12-23-17-8-5-9-22-19(17)13-6-3-2-4-7-13;/h2-4,6-7,10-11,17,19,22-23H,5,8-9,12,21H2,1H3;1H/t17-,19-;/m0./s1. The average Bonchev–Trinajstić information content (AvgIpc) is 2.63. The van der Waals surface area contributed by atoms with Gasteiger partial charge in [0.05, 0.1) is 17.8 Å². The number of benzene rings is 2. The molecule has 0 bridgehead atoms. The summed E-state index contributed by atoms with van der Waals surface area (Å²) >= 11 is 6.17. The third-order valence-corrected chi connectivity index (χ3v) is 4.90. The summed E-state index contributed by atoms with van der Waals surface area (Å²) < 4.78 is 5.44. The van der Waals surface area contributed by atoms with Crippen LogP contribution in [-0.4, -0.2) is 19.7 Å². The second-order valence-corrected chi connectivity index (χ2v) is 6.56. The summed E-state index contributed by atoms with van der Waals surface area (Å²) in [5, 5.41) is 7.86. The van der Waals surface area contributed by atoms with Crippen LogP contribution in [0.3, 0.4) is 0 Å². The minimum absolute atomic E-state index is 0. The van der Waals surface area contributed by atoms with Gasteiger partial charge in [-0.1, -0.05) is 41.9 Å². The Morgan fingerprint density at radius 1 is 1.28 bits per heavy atom. The fraction of sp³-hybridized carbons (Fsp3) is 0.368. The molecule has 25 heavy (non-hydrogen) atoms. The van der Waals surface area contributed by atoms with Crippen LogP contribution in [0.25, 0.3) is 0 Å². The number of ether oxygens (including phenoxy) is 1. The molecule has 1 fully saturated rings. The topological polar surface area (TPSA) is 59.3 Å². The number of hydrogen-bond donors (Lipinski definition) is 3. The Morgan fingerprint density at radius 2 is 2.04 bits per heavy atom. The van der Waals surface area contributed by atoms with E-state index in [1.807, 2.05) is 6.07 Å². The first-order valence-electron chi connectivity index (χ1n) is 8.32. The zero-order valence-corrected chi connectivity index (χ0v) is 15.9. The molecule has 0 spiro atoms. The van der Waals surface area contributed by atoms with Crippen molar-refractivity contribution >= 4 is 29.7 Å². The van der Waals surface area contributed by atoms with Gasteiger partial charge in [0, 0.05) is 30.3 Å². The van der Waals surface area contributed by atoms with Gasteiger partial charge in [-0.15, -0.1) is 12.4 Å². The molecule has 2 atom stereocenters. The molecule has 0 aromatic heterocycles. The van der Waals surface area contributed by atoms with Gasteiger partial charge >= 0.3 is 0 Å². The van der Waals surface area contributed by atoms with E-state index in [9.17, 15) is 0 Å².